The van der Waals surface area contributed by atoms with E-state index in [-0.39, 0.29) is 41.1 Å². The Labute approximate surface area is 326 Å². The minimum atomic E-state index is 0. The number of hydrogen-bond donors (Lipinski definition) is 0. The Morgan fingerprint density at radius 1 is 0.392 bits per heavy atom. The third kappa shape index (κ3) is 8.65. The van der Waals surface area contributed by atoms with Crippen molar-refractivity contribution in [3.05, 3.63) is 202 Å². The van der Waals surface area contributed by atoms with Gasteiger partial charge in [0.1, 0.15) is 0 Å². The van der Waals surface area contributed by atoms with Crippen LogP contribution in [0, 0.1) is 28.7 Å². The molecule has 9 aromatic rings. The number of hydrogen-bond acceptors (Lipinski definition) is 0. The molecule has 0 aliphatic rings. The van der Waals surface area contributed by atoms with Gasteiger partial charge in [0.25, 0.3) is 0 Å². The van der Waals surface area contributed by atoms with Crippen molar-refractivity contribution in [1.29, 1.82) is 0 Å². The van der Waals surface area contributed by atoms with Crippen LogP contribution in [-0.4, -0.2) is 9.52 Å². The van der Waals surface area contributed by atoms with E-state index in [4.69, 9.17) is 0 Å². The second-order valence-corrected chi connectivity index (χ2v) is 13.4. The first-order chi connectivity index (χ1) is 23.6. The van der Waals surface area contributed by atoms with Crippen LogP contribution in [0.25, 0.3) is 65.3 Å². The summed E-state index contributed by atoms with van der Waals surface area (Å²) in [6, 6.07) is 63.0. The van der Waals surface area contributed by atoms with Crippen LogP contribution < -0.4 is 5.19 Å². The van der Waals surface area contributed by atoms with E-state index in [0.29, 0.717) is 0 Å². The Hall–Kier alpha value is -4.62. The average Bonchev–Trinajstić information content (AvgIpc) is 3.73. The first-order valence-electron chi connectivity index (χ1n) is 16.6. The van der Waals surface area contributed by atoms with Crippen LogP contribution in [0.3, 0.4) is 0 Å². The Kier molecular flexibility index (Phi) is 13.9. The molecule has 0 saturated carbocycles. The quantitative estimate of drug-likeness (QED) is 0.125. The van der Waals surface area contributed by atoms with E-state index in [2.05, 4.69) is 190 Å². The van der Waals surface area contributed by atoms with Crippen LogP contribution in [-0.2, 0) is 26.2 Å². The van der Waals surface area contributed by atoms with E-state index < -0.39 is 0 Å². The van der Waals surface area contributed by atoms with Crippen LogP contribution in [0.4, 0.5) is 0 Å². The molecule has 248 valence electrons. The first-order valence-corrected chi connectivity index (χ1v) is 18.1. The zero-order valence-corrected chi connectivity index (χ0v) is 33.7. The maximum atomic E-state index is 2.28. The second kappa shape index (κ2) is 18.0. The number of rotatable bonds is 3. The molecule has 0 aromatic heterocycles. The van der Waals surface area contributed by atoms with Gasteiger partial charge in [0.15, 0.2) is 0 Å². The smallest absolute Gasteiger partial charge is 0.358 e. The summed E-state index contributed by atoms with van der Waals surface area (Å²) >= 11 is 0. The van der Waals surface area contributed by atoms with Crippen molar-refractivity contribution in [1.82, 2.24) is 0 Å². The van der Waals surface area contributed by atoms with Gasteiger partial charge in [0, 0.05) is 0 Å². The van der Waals surface area contributed by atoms with E-state index in [1.54, 1.807) is 0 Å². The molecule has 0 fully saturated rings. The van der Waals surface area contributed by atoms with E-state index in [1.165, 1.54) is 81.7 Å². The zero-order valence-electron chi connectivity index (χ0n) is 30.2. The fourth-order valence-corrected chi connectivity index (χ4v) is 7.29. The molecular weight excluding hydrogens is 708 g/mol. The molecular formula is C49H44SiZr. The zero-order chi connectivity index (χ0) is 32.9. The summed E-state index contributed by atoms with van der Waals surface area (Å²) < 4.78 is 0. The van der Waals surface area contributed by atoms with Gasteiger partial charge in [-0.2, -0.15) is 12.1 Å². The maximum absolute atomic E-state index is 2.28. The monoisotopic (exact) mass is 750 g/mol. The molecule has 0 amide bonds. The largest absolute Gasteiger partial charge is 4.00 e. The molecule has 0 aliphatic carbocycles. The standard InChI is InChI=1S/2C20H15.C7H8Si.2CH3.Zr/c2*1-14-12-16-8-5-11-19(20(16)13-14)18-10-4-7-15-6-2-3-9-17(15)18;1-8-7-5-3-2-4-6-7;;;/h2*2-13H,1H3;2-6H,1H3;2*1H3;/q2*-1;;2*-1;+4. The Balaban J connectivity index is 0.000000180. The molecule has 2 heteroatoms. The number of fused-ring (bicyclic) bond motifs is 4. The molecule has 0 spiro atoms. The van der Waals surface area contributed by atoms with Gasteiger partial charge in [-0.1, -0.05) is 164 Å². The second-order valence-electron chi connectivity index (χ2n) is 12.4. The third-order valence-electron chi connectivity index (χ3n) is 9.01. The molecule has 0 heterocycles. The van der Waals surface area contributed by atoms with Gasteiger partial charge in [-0.3, -0.25) is 0 Å². The third-order valence-corrected chi connectivity index (χ3v) is 9.92. The van der Waals surface area contributed by atoms with Gasteiger partial charge in [-0.15, -0.1) is 69.1 Å². The van der Waals surface area contributed by atoms with Crippen molar-refractivity contribution in [2.75, 3.05) is 0 Å². The molecule has 0 N–H and O–H groups in total. The molecule has 0 atom stereocenters. The summed E-state index contributed by atoms with van der Waals surface area (Å²) in [5, 5.41) is 12.0. The summed E-state index contributed by atoms with van der Waals surface area (Å²) in [7, 11) is 0.930. The fraction of sp³-hybridized carbons (Fsp3) is 0.0612. The SMILES string of the molecule is C[Si]c1ccccc1.Cc1cc2c(-c3cccc4ccccc34)cccc2[cH-]1.Cc1cc2c(-c3cccc4ccccc34)cccc2[cH-]1.[CH3-].[CH3-].[Zr+4]. The Morgan fingerprint density at radius 2 is 0.745 bits per heavy atom. The van der Waals surface area contributed by atoms with Gasteiger partial charge in [0.05, 0.1) is 9.52 Å². The van der Waals surface area contributed by atoms with Crippen LogP contribution in [0.2, 0.25) is 6.55 Å². The summed E-state index contributed by atoms with van der Waals surface area (Å²) in [5.74, 6) is 0. The van der Waals surface area contributed by atoms with Crippen LogP contribution in [0.1, 0.15) is 11.1 Å². The van der Waals surface area contributed by atoms with Gasteiger partial charge in [-0.25, -0.2) is 0 Å². The Morgan fingerprint density at radius 3 is 1.16 bits per heavy atom. The van der Waals surface area contributed by atoms with Gasteiger partial charge in [-0.05, 0) is 32.7 Å². The Bertz CT molecular complexity index is 2300. The predicted molar refractivity (Wildman–Crippen MR) is 225 cm³/mol. The topological polar surface area (TPSA) is 0 Å². The minimum Gasteiger partial charge on any atom is -0.358 e. The summed E-state index contributed by atoms with van der Waals surface area (Å²) in [6.45, 7) is 6.51. The van der Waals surface area contributed by atoms with Crippen molar-refractivity contribution in [3.8, 4) is 22.3 Å². The van der Waals surface area contributed by atoms with Gasteiger partial charge >= 0.3 is 26.2 Å². The summed E-state index contributed by atoms with van der Waals surface area (Å²) in [6.07, 6.45) is 0. The molecule has 0 unspecified atom stereocenters. The van der Waals surface area contributed by atoms with Crippen molar-refractivity contribution < 1.29 is 26.2 Å². The van der Waals surface area contributed by atoms with Crippen molar-refractivity contribution in [2.24, 2.45) is 0 Å². The van der Waals surface area contributed by atoms with Gasteiger partial charge < -0.3 is 14.9 Å². The van der Waals surface area contributed by atoms with Crippen molar-refractivity contribution >= 4 is 57.8 Å². The number of benzene rings is 7. The maximum Gasteiger partial charge on any atom is 4.00 e. The van der Waals surface area contributed by atoms with E-state index in [1.807, 2.05) is 6.07 Å². The number of aryl methyl sites for hydroxylation is 2. The molecule has 0 aliphatic heterocycles. The molecule has 0 nitrogen and oxygen atoms in total. The summed E-state index contributed by atoms with van der Waals surface area (Å²) in [4.78, 5) is 0. The van der Waals surface area contributed by atoms with E-state index >= 15 is 0 Å². The van der Waals surface area contributed by atoms with E-state index in [0.717, 1.165) is 9.52 Å². The van der Waals surface area contributed by atoms with E-state index in [9.17, 15) is 0 Å². The average molecular weight is 752 g/mol. The first kappa shape index (κ1) is 39.2. The van der Waals surface area contributed by atoms with Crippen molar-refractivity contribution in [3.63, 3.8) is 0 Å². The van der Waals surface area contributed by atoms with Gasteiger partial charge in [0.2, 0.25) is 0 Å². The molecule has 0 saturated heterocycles. The molecule has 2 radical (unpaired) electrons. The van der Waals surface area contributed by atoms with Crippen molar-refractivity contribution in [2.45, 2.75) is 20.4 Å². The summed E-state index contributed by atoms with van der Waals surface area (Å²) in [5.41, 5.74) is 7.94. The molecule has 51 heavy (non-hydrogen) atoms. The predicted octanol–water partition coefficient (Wildman–Crippen LogP) is 13.3. The van der Waals surface area contributed by atoms with Crippen LogP contribution in [0.5, 0.6) is 0 Å². The van der Waals surface area contributed by atoms with Crippen LogP contribution in [0.15, 0.2) is 176 Å². The normalized spacial score (nSPS) is 10.3. The molecule has 0 bridgehead atoms. The van der Waals surface area contributed by atoms with Crippen LogP contribution >= 0.6 is 0 Å². The molecule has 9 rings (SSSR count). The minimum absolute atomic E-state index is 0. The fourth-order valence-electron chi connectivity index (χ4n) is 6.76. The molecule has 9 aromatic carbocycles.